The van der Waals surface area contributed by atoms with Gasteiger partial charge in [-0.05, 0) is 51.2 Å². The van der Waals surface area contributed by atoms with Gasteiger partial charge in [-0.3, -0.25) is 0 Å². The molecular weight excluding hydrogens is 374 g/mol. The molecule has 0 spiro atoms. The maximum atomic E-state index is 9.87. The maximum absolute atomic E-state index is 9.87. The Balaban J connectivity index is 1.66. The van der Waals surface area contributed by atoms with Crippen LogP contribution in [-0.2, 0) is 8.37 Å². The molecule has 2 unspecified atom stereocenters. The van der Waals surface area contributed by atoms with E-state index in [-0.39, 0.29) is 29.6 Å². The average molecular weight is 406 g/mol. The molecule has 2 radical (unpaired) electrons. The molecule has 0 aromatic carbocycles. The van der Waals surface area contributed by atoms with Gasteiger partial charge in [-0.2, -0.15) is 0 Å². The normalized spacial score (nSPS) is 43.9. The van der Waals surface area contributed by atoms with Gasteiger partial charge < -0.3 is 13.5 Å². The van der Waals surface area contributed by atoms with Crippen LogP contribution in [0.1, 0.15) is 46.0 Å². The Kier molecular flexibility index (Phi) is 5.02. The van der Waals surface area contributed by atoms with Crippen LogP contribution in [0, 0.1) is 22.7 Å². The first-order valence-corrected chi connectivity index (χ1v) is 11.4. The minimum atomic E-state index is -0.113. The van der Waals surface area contributed by atoms with E-state index in [1.165, 1.54) is 30.9 Å². The summed E-state index contributed by atoms with van der Waals surface area (Å²) in [6, 6.07) is 0. The summed E-state index contributed by atoms with van der Waals surface area (Å²) in [5, 5.41) is 9.87. The second-order valence-corrected chi connectivity index (χ2v) is 9.53. The zero-order valence-electron chi connectivity index (χ0n) is 18.0. The molecule has 0 saturated heterocycles. The standard InChI is InChI=1S/C20H28B2O3S2/c1-19-8-7-17-15(16(19)6-4-13(19)11-23)5-3-12-9-14(24-26-21)10-18(25-27-22)20(12,17)2/h3-5,14,16-18,21-23H,6-11H2,1-2H3/t14-,16?,17?,18+,19-,20+/m1/s1/i21T,22T. The van der Waals surface area contributed by atoms with Crippen molar-refractivity contribution in [1.29, 1.82) is 2.67 Å². The minimum Gasteiger partial charge on any atom is -0.392 e. The third-order valence-corrected chi connectivity index (χ3v) is 8.61. The lowest BCUT2D eigenvalue weighted by atomic mass is 9.50. The van der Waals surface area contributed by atoms with Gasteiger partial charge in [-0.1, -0.05) is 67.0 Å². The third-order valence-electron chi connectivity index (χ3n) is 7.88. The van der Waals surface area contributed by atoms with Gasteiger partial charge in [0.05, 0.1) is 18.8 Å². The van der Waals surface area contributed by atoms with Crippen LogP contribution < -0.4 is 0 Å². The summed E-state index contributed by atoms with van der Waals surface area (Å²) < 4.78 is 26.6. The van der Waals surface area contributed by atoms with E-state index in [2.05, 4.69) is 32.1 Å². The molecule has 27 heavy (non-hydrogen) atoms. The van der Waals surface area contributed by atoms with Crippen molar-refractivity contribution in [1.82, 2.24) is 0 Å². The van der Waals surface area contributed by atoms with Crippen molar-refractivity contribution >= 4 is 38.0 Å². The lowest BCUT2D eigenvalue weighted by Gasteiger charge is -2.56. The Morgan fingerprint density at radius 2 is 2.07 bits per heavy atom. The molecule has 0 amide bonds. The molecule has 0 aromatic rings. The zero-order chi connectivity index (χ0) is 20.6. The smallest absolute Gasteiger partial charge is 0.209 e. The highest BCUT2D eigenvalue weighted by Crippen LogP contribution is 2.64. The van der Waals surface area contributed by atoms with Crippen LogP contribution in [0.15, 0.2) is 34.9 Å². The Bertz CT molecular complexity index is 735. The molecule has 4 aliphatic rings. The molecular formula is C20H28B2O3S2. The Hall–Kier alpha value is -0.0701. The van der Waals surface area contributed by atoms with Gasteiger partial charge in [-0.25, -0.2) is 0 Å². The first kappa shape index (κ1) is 17.8. The van der Waals surface area contributed by atoms with Gasteiger partial charge in [0.2, 0.25) is 14.2 Å². The second kappa shape index (κ2) is 7.64. The van der Waals surface area contributed by atoms with E-state index < -0.39 is 0 Å². The number of aliphatic hydroxyl groups excluding tert-OH is 1. The highest BCUT2D eigenvalue weighted by Gasteiger charge is 2.57. The molecule has 6 atom stereocenters. The van der Waals surface area contributed by atoms with Crippen LogP contribution in [0.3, 0.4) is 0 Å². The van der Waals surface area contributed by atoms with Crippen molar-refractivity contribution in [3.8, 4) is 0 Å². The Morgan fingerprint density at radius 1 is 1.26 bits per heavy atom. The molecule has 0 bridgehead atoms. The van der Waals surface area contributed by atoms with E-state index >= 15 is 0 Å². The highest BCUT2D eigenvalue weighted by molar-refractivity contribution is 8.16. The first-order chi connectivity index (χ1) is 14.0. The fourth-order valence-corrected chi connectivity index (χ4v) is 7.00. The van der Waals surface area contributed by atoms with E-state index in [9.17, 15) is 5.11 Å². The first-order valence-electron chi connectivity index (χ1n) is 10.9. The van der Waals surface area contributed by atoms with Crippen molar-refractivity contribution in [2.45, 2.75) is 58.2 Å². The molecule has 144 valence electrons. The lowest BCUT2D eigenvalue weighted by molar-refractivity contribution is -0.0153. The van der Waals surface area contributed by atoms with E-state index in [4.69, 9.17) is 11.0 Å². The molecule has 4 aliphatic carbocycles. The molecule has 4 rings (SSSR count). The molecule has 0 aliphatic heterocycles. The van der Waals surface area contributed by atoms with E-state index in [1.54, 1.807) is 0 Å². The fraction of sp³-hybridized carbons (Fsp3) is 0.700. The predicted molar refractivity (Wildman–Crippen MR) is 117 cm³/mol. The SMILES string of the molecule is [3H][B]SO[C@@H]1CC2=CC=C3C(CC[C@]4(C)C(CO)=CCC34)[C@@]2(C)[C@@H](OS[B][3H])C1. The molecule has 2 saturated carbocycles. The summed E-state index contributed by atoms with van der Waals surface area (Å²) in [6.07, 6.45) is 11.6. The topological polar surface area (TPSA) is 38.7 Å². The monoisotopic (exact) mass is 406 g/mol. The van der Waals surface area contributed by atoms with Gasteiger partial charge in [-0.15, -0.1) is 0 Å². The summed E-state index contributed by atoms with van der Waals surface area (Å²) in [5.74, 6) is 0.871. The summed E-state index contributed by atoms with van der Waals surface area (Å²) in [4.78, 5) is 0. The van der Waals surface area contributed by atoms with Crippen LogP contribution in [0.2, 0.25) is 0 Å². The average Bonchev–Trinajstić information content (AvgIpc) is 3.07. The van der Waals surface area contributed by atoms with Gasteiger partial charge in [0.1, 0.15) is 0 Å². The summed E-state index contributed by atoms with van der Waals surface area (Å²) in [6.45, 7) is 4.82. The minimum absolute atomic E-state index is 0.00945. The highest BCUT2D eigenvalue weighted by atomic mass is 32.2. The Labute approximate surface area is 176 Å². The van der Waals surface area contributed by atoms with Gasteiger partial charge in [0.25, 0.3) is 0 Å². The molecule has 0 heterocycles. The second-order valence-electron chi connectivity index (χ2n) is 8.76. The van der Waals surface area contributed by atoms with Crippen molar-refractivity contribution < 1.29 is 13.5 Å². The molecule has 7 heteroatoms. The largest absolute Gasteiger partial charge is 0.392 e. The van der Waals surface area contributed by atoms with Crippen LogP contribution in [-0.4, -0.2) is 40.8 Å². The number of allylic oxidation sites excluding steroid dienone is 4. The fourth-order valence-electron chi connectivity index (χ4n) is 6.28. The van der Waals surface area contributed by atoms with Crippen LogP contribution >= 0.6 is 23.8 Å². The van der Waals surface area contributed by atoms with Gasteiger partial charge in [0.15, 0.2) is 0 Å². The van der Waals surface area contributed by atoms with Crippen molar-refractivity contribution in [3.63, 3.8) is 0 Å². The lowest BCUT2D eigenvalue weighted by Crippen LogP contribution is -2.52. The third kappa shape index (κ3) is 3.04. The van der Waals surface area contributed by atoms with Crippen LogP contribution in [0.5, 0.6) is 0 Å². The van der Waals surface area contributed by atoms with Crippen LogP contribution in [0.4, 0.5) is 0 Å². The van der Waals surface area contributed by atoms with Crippen molar-refractivity contribution in [2.24, 2.45) is 22.7 Å². The summed E-state index contributed by atoms with van der Waals surface area (Å²) >= 11 is 2.18. The van der Waals surface area contributed by atoms with E-state index in [0.29, 0.717) is 11.8 Å². The zero-order valence-corrected chi connectivity index (χ0v) is 17.7. The number of hydrogen-bond donors (Lipinski definition) is 1. The Morgan fingerprint density at radius 3 is 2.85 bits per heavy atom. The van der Waals surface area contributed by atoms with E-state index in [0.717, 1.165) is 55.9 Å². The van der Waals surface area contributed by atoms with Crippen molar-refractivity contribution in [3.05, 3.63) is 34.9 Å². The van der Waals surface area contributed by atoms with Crippen LogP contribution in [0.25, 0.3) is 0 Å². The quantitative estimate of drug-likeness (QED) is 0.397. The number of aliphatic hydroxyl groups is 1. The number of rotatable bonds is 7. The number of fused-ring (bicyclic) bond motifs is 5. The summed E-state index contributed by atoms with van der Waals surface area (Å²) in [5.41, 5.74) is 4.03. The predicted octanol–water partition coefficient (Wildman–Crippen LogP) is 3.71. The van der Waals surface area contributed by atoms with Gasteiger partial charge >= 0.3 is 0 Å². The van der Waals surface area contributed by atoms with Gasteiger partial charge in [0, 0.05) is 11.8 Å². The molecule has 0 aromatic heterocycles. The molecule has 2 fully saturated rings. The molecule has 3 nitrogen and oxygen atoms in total. The maximum Gasteiger partial charge on any atom is 0.209 e. The summed E-state index contributed by atoms with van der Waals surface area (Å²) in [7, 11) is 2.46. The van der Waals surface area contributed by atoms with E-state index in [1.807, 2.05) is 0 Å². The van der Waals surface area contributed by atoms with Crippen molar-refractivity contribution in [2.75, 3.05) is 6.61 Å². The number of hydrogen-bond acceptors (Lipinski definition) is 5. The molecule has 1 N–H and O–H groups in total.